The molecule has 0 atom stereocenters. The molecule has 0 saturated carbocycles. The molecule has 4 aromatic rings. The summed E-state index contributed by atoms with van der Waals surface area (Å²) in [6, 6.07) is 23.4. The lowest BCUT2D eigenvalue weighted by Gasteiger charge is -2.35. The zero-order valence-corrected chi connectivity index (χ0v) is 20.2. The zero-order chi connectivity index (χ0) is 23.7. The van der Waals surface area contributed by atoms with Gasteiger partial charge >= 0.3 is 0 Å². The van der Waals surface area contributed by atoms with Gasteiger partial charge in [-0.3, -0.25) is 9.69 Å². The van der Waals surface area contributed by atoms with Gasteiger partial charge in [-0.05, 0) is 30.2 Å². The number of carbonyl (C=O) groups is 1. The summed E-state index contributed by atoms with van der Waals surface area (Å²) < 4.78 is 2.25. The molecule has 3 heterocycles. The van der Waals surface area contributed by atoms with Crippen LogP contribution in [-0.4, -0.2) is 51.3 Å². The Morgan fingerprint density at radius 1 is 0.853 bits per heavy atom. The highest BCUT2D eigenvalue weighted by Gasteiger charge is 2.25. The number of piperazine rings is 1. The van der Waals surface area contributed by atoms with Crippen molar-refractivity contribution in [2.45, 2.75) is 27.3 Å². The van der Waals surface area contributed by atoms with Gasteiger partial charge < -0.3 is 9.30 Å². The second-order valence-corrected chi connectivity index (χ2v) is 9.54. The number of hydrogen-bond acceptors (Lipinski definition) is 3. The fourth-order valence-corrected chi connectivity index (χ4v) is 4.69. The molecule has 1 amide bonds. The van der Waals surface area contributed by atoms with Gasteiger partial charge in [-0.15, -0.1) is 0 Å². The van der Waals surface area contributed by atoms with Crippen molar-refractivity contribution in [3.05, 3.63) is 84.2 Å². The molecule has 0 radical (unpaired) electrons. The molecule has 1 fully saturated rings. The molecular formula is C29H32N4O. The summed E-state index contributed by atoms with van der Waals surface area (Å²) in [5.41, 5.74) is 7.94. The van der Waals surface area contributed by atoms with E-state index in [-0.39, 0.29) is 11.8 Å². The Labute approximate surface area is 201 Å². The summed E-state index contributed by atoms with van der Waals surface area (Å²) in [6.07, 6.45) is 2.21. The Bertz CT molecular complexity index is 1280. The van der Waals surface area contributed by atoms with Gasteiger partial charge in [0.1, 0.15) is 5.65 Å². The third kappa shape index (κ3) is 4.48. The largest absolute Gasteiger partial charge is 0.340 e. The summed E-state index contributed by atoms with van der Waals surface area (Å²) in [5, 5.41) is 0. The van der Waals surface area contributed by atoms with Crippen LogP contribution >= 0.6 is 0 Å². The van der Waals surface area contributed by atoms with Crippen LogP contribution in [0.5, 0.6) is 0 Å². The van der Waals surface area contributed by atoms with E-state index in [2.05, 4.69) is 83.1 Å². The van der Waals surface area contributed by atoms with Gasteiger partial charge in [-0.25, -0.2) is 4.98 Å². The summed E-state index contributed by atoms with van der Waals surface area (Å²) in [4.78, 5) is 21.9. The lowest BCUT2D eigenvalue weighted by atomic mass is 10.1. The van der Waals surface area contributed by atoms with E-state index in [1.807, 2.05) is 24.8 Å². The van der Waals surface area contributed by atoms with E-state index in [0.29, 0.717) is 0 Å². The number of imidazole rings is 1. The van der Waals surface area contributed by atoms with Crippen LogP contribution < -0.4 is 0 Å². The number of fused-ring (bicyclic) bond motifs is 1. The van der Waals surface area contributed by atoms with Gasteiger partial charge in [0.25, 0.3) is 0 Å². The number of aryl methyl sites for hydroxylation is 1. The first-order valence-electron chi connectivity index (χ1n) is 12.1. The molecule has 1 saturated heterocycles. The quantitative estimate of drug-likeness (QED) is 0.414. The van der Waals surface area contributed by atoms with Crippen LogP contribution in [0.2, 0.25) is 0 Å². The first-order valence-corrected chi connectivity index (χ1v) is 12.1. The average molecular weight is 453 g/mol. The van der Waals surface area contributed by atoms with Gasteiger partial charge in [-0.1, -0.05) is 74.0 Å². The van der Waals surface area contributed by atoms with Crippen molar-refractivity contribution in [2.75, 3.05) is 26.2 Å². The smallest absolute Gasteiger partial charge is 0.225 e. The second-order valence-electron chi connectivity index (χ2n) is 9.54. The maximum Gasteiger partial charge on any atom is 0.225 e. The number of nitrogens with zero attached hydrogens (tertiary/aromatic N) is 4. The number of amides is 1. The molecule has 2 aromatic heterocycles. The maximum atomic E-state index is 12.4. The summed E-state index contributed by atoms with van der Waals surface area (Å²) in [7, 11) is 0. The molecule has 0 bridgehead atoms. The Hall–Kier alpha value is -3.44. The molecule has 0 aliphatic carbocycles. The van der Waals surface area contributed by atoms with Crippen LogP contribution in [0.1, 0.15) is 25.1 Å². The Morgan fingerprint density at radius 3 is 2.21 bits per heavy atom. The van der Waals surface area contributed by atoms with E-state index >= 15 is 0 Å². The van der Waals surface area contributed by atoms with Crippen molar-refractivity contribution < 1.29 is 4.79 Å². The van der Waals surface area contributed by atoms with Crippen LogP contribution in [0.25, 0.3) is 28.0 Å². The minimum Gasteiger partial charge on any atom is -0.340 e. The van der Waals surface area contributed by atoms with E-state index in [4.69, 9.17) is 4.98 Å². The molecule has 0 spiro atoms. The minimum atomic E-state index is 0.0508. The van der Waals surface area contributed by atoms with Crippen molar-refractivity contribution in [3.63, 3.8) is 0 Å². The molecule has 2 aromatic carbocycles. The molecule has 5 rings (SSSR count). The predicted molar refractivity (Wildman–Crippen MR) is 137 cm³/mol. The van der Waals surface area contributed by atoms with Crippen molar-refractivity contribution in [1.29, 1.82) is 0 Å². The topological polar surface area (TPSA) is 40.9 Å². The van der Waals surface area contributed by atoms with Crippen LogP contribution in [0.15, 0.2) is 72.9 Å². The highest BCUT2D eigenvalue weighted by Crippen LogP contribution is 2.29. The van der Waals surface area contributed by atoms with Gasteiger partial charge in [0.15, 0.2) is 0 Å². The van der Waals surface area contributed by atoms with Crippen molar-refractivity contribution in [3.8, 4) is 22.4 Å². The highest BCUT2D eigenvalue weighted by molar-refractivity contribution is 5.78. The third-order valence-corrected chi connectivity index (χ3v) is 6.70. The van der Waals surface area contributed by atoms with Crippen LogP contribution in [0.3, 0.4) is 0 Å². The molecule has 1 aliphatic heterocycles. The fraction of sp³-hybridized carbons (Fsp3) is 0.310. The summed E-state index contributed by atoms with van der Waals surface area (Å²) >= 11 is 0. The lowest BCUT2D eigenvalue weighted by Crippen LogP contribution is -2.49. The monoisotopic (exact) mass is 452 g/mol. The predicted octanol–water partition coefficient (Wildman–Crippen LogP) is 5.28. The van der Waals surface area contributed by atoms with Gasteiger partial charge in [-0.2, -0.15) is 0 Å². The number of carbonyl (C=O) groups excluding carboxylic acids is 1. The number of aromatic nitrogens is 2. The van der Waals surface area contributed by atoms with Crippen LogP contribution in [0.4, 0.5) is 0 Å². The Morgan fingerprint density at radius 2 is 1.53 bits per heavy atom. The van der Waals surface area contributed by atoms with Crippen molar-refractivity contribution in [1.82, 2.24) is 19.2 Å². The second kappa shape index (κ2) is 9.43. The SMILES string of the molecule is Cc1ccc(-c2nc3ccc(-c4ccccc4)cn3c2CN2CCN(C(=O)C(C)C)CC2)cc1. The van der Waals surface area contributed by atoms with Gasteiger partial charge in [0.2, 0.25) is 5.91 Å². The van der Waals surface area contributed by atoms with Crippen molar-refractivity contribution >= 4 is 11.6 Å². The molecule has 0 unspecified atom stereocenters. The number of hydrogen-bond donors (Lipinski definition) is 0. The van der Waals surface area contributed by atoms with E-state index in [0.717, 1.165) is 49.6 Å². The molecule has 34 heavy (non-hydrogen) atoms. The van der Waals surface area contributed by atoms with Gasteiger partial charge in [0.05, 0.1) is 11.4 Å². The van der Waals surface area contributed by atoms with E-state index in [1.165, 1.54) is 22.4 Å². The standard InChI is InChI=1S/C29H32N4O/c1-21(2)29(34)32-17-15-31(16-18-32)20-26-28(24-11-9-22(3)10-12-24)30-27-14-13-25(19-33(26)27)23-7-5-4-6-8-23/h4-14,19,21H,15-18,20H2,1-3H3. The average Bonchev–Trinajstić information content (AvgIpc) is 3.22. The Kier molecular flexibility index (Phi) is 6.20. The van der Waals surface area contributed by atoms with E-state index in [9.17, 15) is 4.79 Å². The van der Waals surface area contributed by atoms with Gasteiger partial charge in [0, 0.05) is 50.4 Å². The lowest BCUT2D eigenvalue weighted by molar-refractivity contribution is -0.136. The Balaban J connectivity index is 1.50. The van der Waals surface area contributed by atoms with E-state index in [1.54, 1.807) is 0 Å². The minimum absolute atomic E-state index is 0.0508. The van der Waals surface area contributed by atoms with Crippen LogP contribution in [-0.2, 0) is 11.3 Å². The number of pyridine rings is 1. The van der Waals surface area contributed by atoms with Crippen LogP contribution in [0, 0.1) is 12.8 Å². The van der Waals surface area contributed by atoms with E-state index < -0.39 is 0 Å². The first-order chi connectivity index (χ1) is 16.5. The zero-order valence-electron chi connectivity index (χ0n) is 20.2. The number of benzene rings is 2. The molecular weight excluding hydrogens is 420 g/mol. The maximum absolute atomic E-state index is 12.4. The summed E-state index contributed by atoms with van der Waals surface area (Å²) in [5.74, 6) is 0.303. The van der Waals surface area contributed by atoms with Crippen molar-refractivity contribution in [2.24, 2.45) is 5.92 Å². The highest BCUT2D eigenvalue weighted by atomic mass is 16.2. The normalized spacial score (nSPS) is 14.8. The molecule has 5 nitrogen and oxygen atoms in total. The first kappa shape index (κ1) is 22.4. The summed E-state index contributed by atoms with van der Waals surface area (Å²) in [6.45, 7) is 10.2. The molecule has 0 N–H and O–H groups in total. The molecule has 5 heteroatoms. The number of rotatable bonds is 5. The fourth-order valence-electron chi connectivity index (χ4n) is 4.69. The molecule has 1 aliphatic rings. The molecule has 174 valence electrons. The third-order valence-electron chi connectivity index (χ3n) is 6.70.